The van der Waals surface area contributed by atoms with Crippen LogP contribution in [0, 0.1) is 12.7 Å². The van der Waals surface area contributed by atoms with Crippen LogP contribution in [0.2, 0.25) is 0 Å². The zero-order valence-electron chi connectivity index (χ0n) is 27.8. The number of nitrogens with zero attached hydrogens (tertiary/aromatic N) is 5. The molecule has 3 aliphatic heterocycles. The van der Waals surface area contributed by atoms with Crippen molar-refractivity contribution in [2.45, 2.75) is 77.7 Å². The number of oxazole rings is 1. The number of ether oxygens (including phenoxy) is 1. The Bertz CT molecular complexity index is 1590. The summed E-state index contributed by atoms with van der Waals surface area (Å²) in [5.74, 6) is 1.52. The van der Waals surface area contributed by atoms with Crippen LogP contribution in [0.3, 0.4) is 0 Å². The first-order valence-electron chi connectivity index (χ1n) is 17.0. The van der Waals surface area contributed by atoms with Gasteiger partial charge in [-0.2, -0.15) is 0 Å². The van der Waals surface area contributed by atoms with Crippen LogP contribution in [0.1, 0.15) is 72.0 Å². The lowest BCUT2D eigenvalue weighted by Crippen LogP contribution is -2.42. The first-order valence-corrected chi connectivity index (χ1v) is 17.0. The number of nitrogens with one attached hydrogen (secondary N) is 2. The molecule has 3 aromatic rings. The average Bonchev–Trinajstić information content (AvgIpc) is 3.51. The summed E-state index contributed by atoms with van der Waals surface area (Å²) in [6.45, 7) is 8.29. The van der Waals surface area contributed by atoms with Crippen molar-refractivity contribution >= 4 is 23.5 Å². The summed E-state index contributed by atoms with van der Waals surface area (Å²) in [6, 6.07) is 7.01. The molecular formula is C35H46FN7O5. The smallest absolute Gasteiger partial charge is 0.251 e. The predicted molar refractivity (Wildman–Crippen MR) is 178 cm³/mol. The van der Waals surface area contributed by atoms with E-state index in [0.717, 1.165) is 55.7 Å². The third-order valence-electron chi connectivity index (χ3n) is 9.56. The van der Waals surface area contributed by atoms with Gasteiger partial charge >= 0.3 is 0 Å². The highest BCUT2D eigenvalue weighted by molar-refractivity contribution is 5.95. The molecule has 0 saturated carbocycles. The number of rotatable bonds is 11. The van der Waals surface area contributed by atoms with Crippen molar-refractivity contribution < 1.29 is 28.2 Å². The minimum atomic E-state index is -0.805. The Labute approximate surface area is 280 Å². The molecule has 0 aliphatic carbocycles. The fourth-order valence-corrected chi connectivity index (χ4v) is 6.72. The number of piperidine rings is 2. The molecule has 0 spiro atoms. The third kappa shape index (κ3) is 8.43. The van der Waals surface area contributed by atoms with Crippen molar-refractivity contribution in [1.82, 2.24) is 25.1 Å². The molecule has 12 nitrogen and oxygen atoms in total. The summed E-state index contributed by atoms with van der Waals surface area (Å²) in [5, 5.41) is 17.3. The van der Waals surface area contributed by atoms with E-state index in [1.165, 1.54) is 18.9 Å². The van der Waals surface area contributed by atoms with Crippen molar-refractivity contribution in [2.75, 3.05) is 56.0 Å². The summed E-state index contributed by atoms with van der Waals surface area (Å²) in [5.41, 5.74) is 3.06. The summed E-state index contributed by atoms with van der Waals surface area (Å²) >= 11 is 0. The molecule has 2 fully saturated rings. The Balaban J connectivity index is 1.04. The molecule has 0 radical (unpaired) electrons. The van der Waals surface area contributed by atoms with E-state index < -0.39 is 11.9 Å². The number of pyridine rings is 1. The maximum Gasteiger partial charge on any atom is 0.251 e. The number of amides is 2. The Kier molecular flexibility index (Phi) is 10.8. The second kappa shape index (κ2) is 15.3. The van der Waals surface area contributed by atoms with E-state index in [2.05, 4.69) is 25.4 Å². The molecule has 1 aromatic carbocycles. The van der Waals surface area contributed by atoms with E-state index in [1.54, 1.807) is 19.1 Å². The van der Waals surface area contributed by atoms with Crippen LogP contribution in [0.4, 0.5) is 16.0 Å². The predicted octanol–water partition coefficient (Wildman–Crippen LogP) is 3.66. The van der Waals surface area contributed by atoms with Gasteiger partial charge in [0.05, 0.1) is 11.8 Å². The Morgan fingerprint density at radius 1 is 1.08 bits per heavy atom. The number of aliphatic hydroxyl groups is 1. The van der Waals surface area contributed by atoms with Gasteiger partial charge in [0.25, 0.3) is 5.91 Å². The summed E-state index contributed by atoms with van der Waals surface area (Å²) in [7, 11) is 0. The topological polar surface area (TPSA) is 136 Å². The van der Waals surface area contributed by atoms with E-state index in [9.17, 15) is 19.1 Å². The van der Waals surface area contributed by atoms with Gasteiger partial charge in [-0.3, -0.25) is 14.5 Å². The quantitative estimate of drug-likeness (QED) is 0.279. The molecule has 2 aromatic heterocycles. The number of aromatic nitrogens is 2. The number of likely N-dealkylation sites (tertiary alicyclic amines) is 1. The van der Waals surface area contributed by atoms with Crippen molar-refractivity contribution in [2.24, 2.45) is 0 Å². The summed E-state index contributed by atoms with van der Waals surface area (Å²) in [4.78, 5) is 40.2. The van der Waals surface area contributed by atoms with Gasteiger partial charge in [-0.15, -0.1) is 0 Å². The number of aliphatic hydroxyl groups excluding tert-OH is 1. The number of aryl methyl sites for hydroxylation is 1. The number of carbonyl (C=O) groups excluding carboxylic acids is 2. The zero-order chi connectivity index (χ0) is 33.6. The third-order valence-corrected chi connectivity index (χ3v) is 9.56. The summed E-state index contributed by atoms with van der Waals surface area (Å²) < 4.78 is 25.9. The van der Waals surface area contributed by atoms with E-state index in [-0.39, 0.29) is 36.8 Å². The molecule has 2 saturated heterocycles. The molecular weight excluding hydrogens is 617 g/mol. The van der Waals surface area contributed by atoms with Crippen LogP contribution >= 0.6 is 0 Å². The van der Waals surface area contributed by atoms with Crippen LogP contribution in [0.5, 0.6) is 5.75 Å². The molecule has 258 valence electrons. The van der Waals surface area contributed by atoms with E-state index >= 15 is 0 Å². The SMILES string of the molecule is CC(=O)N1CCC(Nc2cc(C(=O)NC[C@H](O)CN3CCc4cc(OCc5ocnc5C)c(F)cc4C3)cc(N3CCCCC3)n2)CC1. The highest BCUT2D eigenvalue weighted by Crippen LogP contribution is 2.28. The van der Waals surface area contributed by atoms with Gasteiger partial charge in [-0.1, -0.05) is 0 Å². The fraction of sp³-hybridized carbons (Fsp3) is 0.543. The van der Waals surface area contributed by atoms with Crippen LogP contribution in [0.25, 0.3) is 0 Å². The van der Waals surface area contributed by atoms with Crippen LogP contribution in [-0.2, 0) is 24.4 Å². The van der Waals surface area contributed by atoms with Crippen LogP contribution < -0.4 is 20.3 Å². The van der Waals surface area contributed by atoms with Gasteiger partial charge in [-0.25, -0.2) is 14.4 Å². The number of fused-ring (bicyclic) bond motifs is 1. The zero-order valence-corrected chi connectivity index (χ0v) is 27.8. The van der Waals surface area contributed by atoms with Gasteiger partial charge in [-0.05, 0) is 80.8 Å². The molecule has 3 aliphatic rings. The lowest BCUT2D eigenvalue weighted by Gasteiger charge is -2.32. The molecule has 5 heterocycles. The van der Waals surface area contributed by atoms with Gasteiger partial charge in [0, 0.05) is 70.9 Å². The number of anilines is 2. The lowest BCUT2D eigenvalue weighted by molar-refractivity contribution is -0.129. The van der Waals surface area contributed by atoms with Crippen molar-refractivity contribution in [1.29, 1.82) is 0 Å². The summed E-state index contributed by atoms with van der Waals surface area (Å²) in [6.07, 6.45) is 6.21. The van der Waals surface area contributed by atoms with E-state index in [4.69, 9.17) is 14.1 Å². The average molecular weight is 664 g/mol. The first kappa shape index (κ1) is 33.7. The molecule has 13 heteroatoms. The van der Waals surface area contributed by atoms with Gasteiger partial charge in [0.2, 0.25) is 5.91 Å². The Morgan fingerprint density at radius 3 is 2.60 bits per heavy atom. The maximum atomic E-state index is 14.9. The standard InChI is InChI=1S/C35H46FN7O5/c1-23-32(48-22-38-23)21-47-31-15-25-6-11-41(19-27(25)14-30(31)36)20-29(45)18-37-35(46)26-16-33(39-28-7-12-42(13-8-28)24(2)44)40-34(17-26)43-9-4-3-5-10-43/h14-17,22,28-29,45H,3-13,18-21H2,1-2H3,(H,37,46)(H,39,40)/t29-/m0/s1. The number of benzene rings is 1. The maximum absolute atomic E-state index is 14.9. The highest BCUT2D eigenvalue weighted by atomic mass is 19.1. The number of hydrogen-bond acceptors (Lipinski definition) is 10. The Hall–Kier alpha value is -4.23. The van der Waals surface area contributed by atoms with E-state index in [0.29, 0.717) is 62.0 Å². The minimum absolute atomic E-state index is 0.0814. The van der Waals surface area contributed by atoms with Crippen LogP contribution in [0.15, 0.2) is 35.1 Å². The Morgan fingerprint density at radius 2 is 1.88 bits per heavy atom. The monoisotopic (exact) mass is 663 g/mol. The normalized spacial score (nSPS) is 17.9. The second-order valence-corrected chi connectivity index (χ2v) is 13.1. The molecule has 1 atom stereocenters. The van der Waals surface area contributed by atoms with Gasteiger partial charge < -0.3 is 34.7 Å². The fourth-order valence-electron chi connectivity index (χ4n) is 6.72. The molecule has 0 bridgehead atoms. The van der Waals surface area contributed by atoms with E-state index in [1.807, 2.05) is 17.9 Å². The molecule has 3 N–H and O–H groups in total. The number of hydrogen-bond donors (Lipinski definition) is 3. The van der Waals surface area contributed by atoms with Crippen molar-refractivity contribution in [3.8, 4) is 5.75 Å². The molecule has 6 rings (SSSR count). The largest absolute Gasteiger partial charge is 0.482 e. The van der Waals surface area contributed by atoms with Crippen molar-refractivity contribution in [3.05, 3.63) is 64.6 Å². The van der Waals surface area contributed by atoms with Gasteiger partial charge in [0.1, 0.15) is 18.2 Å². The number of halogens is 1. The second-order valence-electron chi connectivity index (χ2n) is 13.1. The highest BCUT2D eigenvalue weighted by Gasteiger charge is 2.24. The first-order chi connectivity index (χ1) is 23.2. The minimum Gasteiger partial charge on any atom is -0.482 e. The molecule has 2 amide bonds. The van der Waals surface area contributed by atoms with Crippen molar-refractivity contribution in [3.63, 3.8) is 0 Å². The van der Waals surface area contributed by atoms with Gasteiger partial charge in [0.15, 0.2) is 23.7 Å². The number of carbonyl (C=O) groups is 2. The lowest BCUT2D eigenvalue weighted by atomic mass is 9.99. The van der Waals surface area contributed by atoms with Crippen LogP contribution in [-0.4, -0.2) is 94.6 Å². The molecule has 48 heavy (non-hydrogen) atoms. The number of β-amino-alcohol motifs (C(OH)–C–C–N with tert-alkyl or cyclic N) is 1. The molecule has 0 unspecified atom stereocenters.